The highest BCUT2D eigenvalue weighted by Crippen LogP contribution is 2.21. The van der Waals surface area contributed by atoms with Crippen molar-refractivity contribution in [2.45, 2.75) is 25.3 Å². The molecule has 1 aliphatic rings. The minimum absolute atomic E-state index is 0.0316. The number of nitrogens with zero attached hydrogens (tertiary/aromatic N) is 2. The number of aliphatic hydroxyl groups is 1. The maximum atomic E-state index is 12.3. The lowest BCUT2D eigenvalue weighted by Gasteiger charge is -2.34. The van der Waals surface area contributed by atoms with Crippen LogP contribution in [0.5, 0.6) is 0 Å². The lowest BCUT2D eigenvalue weighted by molar-refractivity contribution is 0.0494. The average Bonchev–Trinajstić information content (AvgIpc) is 2.67. The molecule has 17 heavy (non-hydrogen) atoms. The van der Waals surface area contributed by atoms with E-state index in [1.807, 2.05) is 0 Å². The smallest absolute Gasteiger partial charge is 0.270 e. The fourth-order valence-corrected chi connectivity index (χ4v) is 2.59. The Morgan fingerprint density at radius 2 is 2.35 bits per heavy atom. The standard InChI is InChI=1S/C12H17ClN2O2/c1-14-7-9(13)6-11(14)12(17)15-5-3-2-4-10(15)8-16/h6-7,10,16H,2-5,8H2,1H3. The van der Waals surface area contributed by atoms with Crippen molar-refractivity contribution in [3.63, 3.8) is 0 Å². The number of aromatic nitrogens is 1. The van der Waals surface area contributed by atoms with Gasteiger partial charge in [-0.05, 0) is 25.3 Å². The molecular formula is C12H17ClN2O2. The first-order valence-electron chi connectivity index (χ1n) is 5.87. The molecule has 0 aliphatic carbocycles. The normalized spacial score (nSPS) is 20.6. The second-order valence-electron chi connectivity index (χ2n) is 4.49. The van der Waals surface area contributed by atoms with E-state index in [0.717, 1.165) is 19.3 Å². The van der Waals surface area contributed by atoms with Gasteiger partial charge in [0, 0.05) is 19.8 Å². The summed E-state index contributed by atoms with van der Waals surface area (Å²) >= 11 is 5.88. The second-order valence-corrected chi connectivity index (χ2v) is 4.92. The molecule has 1 aliphatic heterocycles. The molecule has 1 N–H and O–H groups in total. The van der Waals surface area contributed by atoms with E-state index < -0.39 is 0 Å². The molecule has 0 saturated carbocycles. The minimum atomic E-state index is -0.0510. The minimum Gasteiger partial charge on any atom is -0.394 e. The number of aliphatic hydroxyl groups excluding tert-OH is 1. The van der Waals surface area contributed by atoms with Crippen LogP contribution in [-0.2, 0) is 7.05 Å². The number of aryl methyl sites for hydroxylation is 1. The second kappa shape index (κ2) is 5.10. The third-order valence-corrected chi connectivity index (χ3v) is 3.50. The molecule has 0 radical (unpaired) electrons. The van der Waals surface area contributed by atoms with Crippen LogP contribution in [0, 0.1) is 0 Å². The molecule has 94 valence electrons. The molecule has 1 amide bonds. The molecule has 2 rings (SSSR count). The molecule has 0 aromatic carbocycles. The highest BCUT2D eigenvalue weighted by Gasteiger charge is 2.28. The van der Waals surface area contributed by atoms with Crippen molar-refractivity contribution in [1.29, 1.82) is 0 Å². The molecular weight excluding hydrogens is 240 g/mol. The number of amides is 1. The number of likely N-dealkylation sites (tertiary alicyclic amines) is 1. The zero-order valence-corrected chi connectivity index (χ0v) is 10.7. The van der Waals surface area contributed by atoms with Crippen molar-refractivity contribution in [2.24, 2.45) is 7.05 Å². The fraction of sp³-hybridized carbons (Fsp3) is 0.583. The molecule has 2 heterocycles. The van der Waals surface area contributed by atoms with Crippen molar-refractivity contribution >= 4 is 17.5 Å². The molecule has 1 atom stereocenters. The summed E-state index contributed by atoms with van der Waals surface area (Å²) in [4.78, 5) is 14.1. The van der Waals surface area contributed by atoms with Crippen LogP contribution in [0.4, 0.5) is 0 Å². The molecule has 0 bridgehead atoms. The van der Waals surface area contributed by atoms with E-state index in [4.69, 9.17) is 11.6 Å². The number of hydrogen-bond acceptors (Lipinski definition) is 2. The quantitative estimate of drug-likeness (QED) is 0.875. The summed E-state index contributed by atoms with van der Waals surface area (Å²) in [5, 5.41) is 9.87. The van der Waals surface area contributed by atoms with Crippen LogP contribution in [0.3, 0.4) is 0 Å². The number of piperidine rings is 1. The van der Waals surface area contributed by atoms with Crippen molar-refractivity contribution in [3.8, 4) is 0 Å². The van der Waals surface area contributed by atoms with Gasteiger partial charge in [-0.3, -0.25) is 4.79 Å². The average molecular weight is 257 g/mol. The largest absolute Gasteiger partial charge is 0.394 e. The Labute approximate surface area is 106 Å². The monoisotopic (exact) mass is 256 g/mol. The Morgan fingerprint density at radius 1 is 1.59 bits per heavy atom. The van der Waals surface area contributed by atoms with Gasteiger partial charge in [0.2, 0.25) is 0 Å². The molecule has 5 heteroatoms. The van der Waals surface area contributed by atoms with E-state index in [0.29, 0.717) is 17.3 Å². The number of halogens is 1. The van der Waals surface area contributed by atoms with Gasteiger partial charge in [-0.1, -0.05) is 11.6 Å². The van der Waals surface area contributed by atoms with Crippen molar-refractivity contribution < 1.29 is 9.90 Å². The molecule has 1 fully saturated rings. The third-order valence-electron chi connectivity index (χ3n) is 3.29. The summed E-state index contributed by atoms with van der Waals surface area (Å²) in [5.41, 5.74) is 0.579. The Hall–Kier alpha value is -1.00. The third kappa shape index (κ3) is 2.48. The molecule has 1 saturated heterocycles. The van der Waals surface area contributed by atoms with Crippen LogP contribution in [-0.4, -0.2) is 39.7 Å². The number of hydrogen-bond donors (Lipinski definition) is 1. The van der Waals surface area contributed by atoms with Gasteiger partial charge >= 0.3 is 0 Å². The maximum absolute atomic E-state index is 12.3. The molecule has 1 aromatic rings. The Kier molecular flexibility index (Phi) is 3.74. The predicted molar refractivity (Wildman–Crippen MR) is 66.2 cm³/mol. The van der Waals surface area contributed by atoms with Gasteiger partial charge < -0.3 is 14.6 Å². The first-order chi connectivity index (χ1) is 8.13. The highest BCUT2D eigenvalue weighted by molar-refractivity contribution is 6.31. The van der Waals surface area contributed by atoms with E-state index in [2.05, 4.69) is 0 Å². The Morgan fingerprint density at radius 3 is 2.94 bits per heavy atom. The summed E-state index contributed by atoms with van der Waals surface area (Å²) in [6, 6.07) is 1.62. The Bertz CT molecular complexity index is 417. The van der Waals surface area contributed by atoms with Crippen LogP contribution in [0.25, 0.3) is 0 Å². The van der Waals surface area contributed by atoms with Gasteiger partial charge in [0.25, 0.3) is 5.91 Å². The van der Waals surface area contributed by atoms with E-state index in [-0.39, 0.29) is 18.6 Å². The molecule has 1 aromatic heterocycles. The van der Waals surface area contributed by atoms with Crippen LogP contribution in [0.1, 0.15) is 29.8 Å². The van der Waals surface area contributed by atoms with E-state index in [1.165, 1.54) is 0 Å². The van der Waals surface area contributed by atoms with E-state index >= 15 is 0 Å². The van der Waals surface area contributed by atoms with Crippen molar-refractivity contribution in [3.05, 3.63) is 23.0 Å². The van der Waals surface area contributed by atoms with Crippen LogP contribution in [0.2, 0.25) is 5.02 Å². The van der Waals surface area contributed by atoms with Crippen LogP contribution < -0.4 is 0 Å². The SMILES string of the molecule is Cn1cc(Cl)cc1C(=O)N1CCCCC1CO. The summed E-state index contributed by atoms with van der Waals surface area (Å²) in [5.74, 6) is -0.0434. The topological polar surface area (TPSA) is 45.5 Å². The summed E-state index contributed by atoms with van der Waals surface area (Å²) in [7, 11) is 1.80. The van der Waals surface area contributed by atoms with E-state index in [1.54, 1.807) is 28.8 Å². The molecule has 0 spiro atoms. The van der Waals surface area contributed by atoms with Gasteiger partial charge in [-0.2, -0.15) is 0 Å². The van der Waals surface area contributed by atoms with Gasteiger partial charge in [-0.15, -0.1) is 0 Å². The van der Waals surface area contributed by atoms with Crippen molar-refractivity contribution in [1.82, 2.24) is 9.47 Å². The number of carbonyl (C=O) groups is 1. The van der Waals surface area contributed by atoms with Crippen molar-refractivity contribution in [2.75, 3.05) is 13.2 Å². The van der Waals surface area contributed by atoms with Crippen LogP contribution >= 0.6 is 11.6 Å². The maximum Gasteiger partial charge on any atom is 0.270 e. The number of rotatable bonds is 2. The molecule has 4 nitrogen and oxygen atoms in total. The lowest BCUT2D eigenvalue weighted by Crippen LogP contribution is -2.46. The Balaban J connectivity index is 2.21. The predicted octanol–water partition coefficient (Wildman–Crippen LogP) is 1.67. The fourth-order valence-electron chi connectivity index (χ4n) is 2.34. The van der Waals surface area contributed by atoms with Crippen LogP contribution in [0.15, 0.2) is 12.3 Å². The number of carbonyl (C=O) groups excluding carboxylic acids is 1. The van der Waals surface area contributed by atoms with Gasteiger partial charge in [-0.25, -0.2) is 0 Å². The van der Waals surface area contributed by atoms with E-state index in [9.17, 15) is 9.90 Å². The van der Waals surface area contributed by atoms with Gasteiger partial charge in [0.1, 0.15) is 5.69 Å². The first kappa shape index (κ1) is 12.5. The summed E-state index contributed by atoms with van der Waals surface area (Å²) in [6.45, 7) is 0.747. The van der Waals surface area contributed by atoms with Gasteiger partial charge in [0.15, 0.2) is 0 Å². The molecule has 1 unspecified atom stereocenters. The lowest BCUT2D eigenvalue weighted by atomic mass is 10.0. The summed E-state index contributed by atoms with van der Waals surface area (Å²) < 4.78 is 1.73. The zero-order valence-electron chi connectivity index (χ0n) is 9.90. The van der Waals surface area contributed by atoms with Gasteiger partial charge in [0.05, 0.1) is 17.7 Å². The highest BCUT2D eigenvalue weighted by atomic mass is 35.5. The summed E-state index contributed by atoms with van der Waals surface area (Å²) in [6.07, 6.45) is 4.66. The zero-order chi connectivity index (χ0) is 12.4. The first-order valence-corrected chi connectivity index (χ1v) is 6.25.